The lowest BCUT2D eigenvalue weighted by Gasteiger charge is -2.38. The Balaban J connectivity index is 0.00000205. The van der Waals surface area contributed by atoms with E-state index in [1.807, 2.05) is 0 Å². The van der Waals surface area contributed by atoms with Gasteiger partial charge in [-0.25, -0.2) is 4.68 Å². The summed E-state index contributed by atoms with van der Waals surface area (Å²) in [6, 6.07) is 6.47. The molecule has 1 aromatic carbocycles. The van der Waals surface area contributed by atoms with Gasteiger partial charge in [0.25, 0.3) is 5.91 Å². The quantitative estimate of drug-likeness (QED) is 0.816. The van der Waals surface area contributed by atoms with Gasteiger partial charge in [-0.05, 0) is 76.0 Å². The normalized spacial score (nSPS) is 20.0. The van der Waals surface area contributed by atoms with Crippen LogP contribution in [0.5, 0.6) is 0 Å². The van der Waals surface area contributed by atoms with Crippen molar-refractivity contribution < 1.29 is 4.79 Å². The van der Waals surface area contributed by atoms with Crippen molar-refractivity contribution in [2.45, 2.75) is 52.4 Å². The third-order valence-electron chi connectivity index (χ3n) is 7.16. The van der Waals surface area contributed by atoms with Gasteiger partial charge in [-0.15, -0.1) is 12.4 Å². The van der Waals surface area contributed by atoms with E-state index in [0.29, 0.717) is 11.1 Å². The first-order valence-electron chi connectivity index (χ1n) is 10.7. The van der Waals surface area contributed by atoms with Crippen LogP contribution in [-0.4, -0.2) is 46.8 Å². The smallest absolute Gasteiger partial charge is 0.274 e. The van der Waals surface area contributed by atoms with Crippen LogP contribution in [0, 0.1) is 19.3 Å². The average molecular weight is 415 g/mol. The molecule has 2 fully saturated rings. The molecule has 3 heterocycles. The maximum atomic E-state index is 13.4. The summed E-state index contributed by atoms with van der Waals surface area (Å²) in [5.41, 5.74) is 7.13. The summed E-state index contributed by atoms with van der Waals surface area (Å²) in [6.07, 6.45) is 6.59. The second-order valence-corrected chi connectivity index (χ2v) is 9.05. The third kappa shape index (κ3) is 3.49. The zero-order valence-electron chi connectivity index (χ0n) is 17.5. The van der Waals surface area contributed by atoms with Gasteiger partial charge in [0.05, 0.1) is 5.69 Å². The lowest BCUT2D eigenvalue weighted by Crippen LogP contribution is -2.44. The molecule has 0 saturated carbocycles. The minimum Gasteiger partial charge on any atom is -0.337 e. The van der Waals surface area contributed by atoms with Crippen LogP contribution in [0.3, 0.4) is 0 Å². The molecular formula is C23H31ClN4O. The van der Waals surface area contributed by atoms with E-state index in [1.165, 1.54) is 28.8 Å². The maximum Gasteiger partial charge on any atom is 0.274 e. The SMILES string of the molecule is Cc1ccc(-n2nc(C(=O)N3CCC4(CCNC4)CC3)c3c2CCC3)c(C)c1.Cl. The molecule has 2 aromatic rings. The molecule has 0 bridgehead atoms. The Bertz CT molecular complexity index is 919. The number of carbonyl (C=O) groups is 1. The van der Waals surface area contributed by atoms with Gasteiger partial charge in [0.2, 0.25) is 0 Å². The van der Waals surface area contributed by atoms with Gasteiger partial charge in [0, 0.05) is 30.9 Å². The molecule has 1 aromatic heterocycles. The van der Waals surface area contributed by atoms with Gasteiger partial charge < -0.3 is 10.2 Å². The van der Waals surface area contributed by atoms with Crippen molar-refractivity contribution in [3.05, 3.63) is 46.3 Å². The lowest BCUT2D eigenvalue weighted by atomic mass is 9.78. The van der Waals surface area contributed by atoms with Crippen LogP contribution in [-0.2, 0) is 12.8 Å². The van der Waals surface area contributed by atoms with E-state index in [1.54, 1.807) is 0 Å². The number of fused-ring (bicyclic) bond motifs is 1. The average Bonchev–Trinajstić information content (AvgIpc) is 3.40. The van der Waals surface area contributed by atoms with Crippen LogP contribution in [0.25, 0.3) is 5.69 Å². The van der Waals surface area contributed by atoms with Crippen molar-refractivity contribution in [3.63, 3.8) is 0 Å². The molecule has 156 valence electrons. The summed E-state index contributed by atoms with van der Waals surface area (Å²) in [5, 5.41) is 8.37. The highest BCUT2D eigenvalue weighted by atomic mass is 35.5. The molecule has 0 unspecified atom stereocenters. The van der Waals surface area contributed by atoms with E-state index in [9.17, 15) is 4.79 Å². The Morgan fingerprint density at radius 2 is 1.93 bits per heavy atom. The molecule has 29 heavy (non-hydrogen) atoms. The Kier molecular flexibility index (Phi) is 5.47. The number of rotatable bonds is 2. The molecule has 2 aliphatic heterocycles. The predicted molar refractivity (Wildman–Crippen MR) is 117 cm³/mol. The Hall–Kier alpha value is -1.85. The van der Waals surface area contributed by atoms with E-state index in [0.717, 1.165) is 64.0 Å². The number of hydrogen-bond acceptors (Lipinski definition) is 3. The molecule has 1 amide bonds. The van der Waals surface area contributed by atoms with Crippen molar-refractivity contribution in [2.24, 2.45) is 5.41 Å². The number of aryl methyl sites for hydroxylation is 2. The Morgan fingerprint density at radius 1 is 1.14 bits per heavy atom. The molecule has 1 spiro atoms. The molecule has 5 rings (SSSR count). The number of carbonyl (C=O) groups excluding carboxylic acids is 1. The highest BCUT2D eigenvalue weighted by molar-refractivity contribution is 5.94. The highest BCUT2D eigenvalue weighted by Crippen LogP contribution is 2.38. The van der Waals surface area contributed by atoms with Crippen molar-refractivity contribution in [1.29, 1.82) is 0 Å². The molecule has 5 nitrogen and oxygen atoms in total. The van der Waals surface area contributed by atoms with E-state index >= 15 is 0 Å². The predicted octanol–water partition coefficient (Wildman–Crippen LogP) is 3.62. The number of halogens is 1. The summed E-state index contributed by atoms with van der Waals surface area (Å²) < 4.78 is 2.05. The molecule has 0 radical (unpaired) electrons. The lowest BCUT2D eigenvalue weighted by molar-refractivity contribution is 0.0600. The Morgan fingerprint density at radius 3 is 2.62 bits per heavy atom. The van der Waals surface area contributed by atoms with Gasteiger partial charge in [0.1, 0.15) is 0 Å². The zero-order valence-corrected chi connectivity index (χ0v) is 18.3. The van der Waals surface area contributed by atoms with Crippen molar-refractivity contribution in [1.82, 2.24) is 20.0 Å². The van der Waals surface area contributed by atoms with Crippen LogP contribution in [0.2, 0.25) is 0 Å². The van der Waals surface area contributed by atoms with Crippen molar-refractivity contribution >= 4 is 18.3 Å². The Labute approximate surface area is 179 Å². The van der Waals surface area contributed by atoms with Crippen molar-refractivity contribution in [2.75, 3.05) is 26.2 Å². The van der Waals surface area contributed by atoms with Crippen LogP contribution in [0.1, 0.15) is 58.6 Å². The largest absolute Gasteiger partial charge is 0.337 e. The van der Waals surface area contributed by atoms with Gasteiger partial charge >= 0.3 is 0 Å². The van der Waals surface area contributed by atoms with Gasteiger partial charge in [-0.2, -0.15) is 5.10 Å². The summed E-state index contributed by atoms with van der Waals surface area (Å²) >= 11 is 0. The number of nitrogens with zero attached hydrogens (tertiary/aromatic N) is 3. The fourth-order valence-electron chi connectivity index (χ4n) is 5.41. The van der Waals surface area contributed by atoms with Gasteiger partial charge in [-0.3, -0.25) is 4.79 Å². The number of nitrogens with one attached hydrogen (secondary N) is 1. The summed E-state index contributed by atoms with van der Waals surface area (Å²) in [6.45, 7) is 8.22. The number of hydrogen-bond donors (Lipinski definition) is 1. The number of aromatic nitrogens is 2. The minimum atomic E-state index is 0. The fourth-order valence-corrected chi connectivity index (χ4v) is 5.41. The van der Waals surface area contributed by atoms with Crippen LogP contribution < -0.4 is 5.32 Å². The standard InChI is InChI=1S/C23H30N4O.ClH/c1-16-6-7-19(17(2)14-16)27-20-5-3-4-18(20)21(25-27)22(28)26-12-9-23(10-13-26)8-11-24-15-23;/h6-7,14,24H,3-5,8-13,15H2,1-2H3;1H. The minimum absolute atomic E-state index is 0. The first-order valence-corrected chi connectivity index (χ1v) is 10.7. The molecule has 6 heteroatoms. The maximum absolute atomic E-state index is 13.4. The number of amides is 1. The van der Waals surface area contributed by atoms with Crippen LogP contribution in [0.15, 0.2) is 18.2 Å². The second-order valence-electron chi connectivity index (χ2n) is 9.05. The molecule has 1 aliphatic carbocycles. The van der Waals surface area contributed by atoms with Crippen LogP contribution in [0.4, 0.5) is 0 Å². The second kappa shape index (κ2) is 7.77. The summed E-state index contributed by atoms with van der Waals surface area (Å²) in [7, 11) is 0. The molecule has 0 atom stereocenters. The number of likely N-dealkylation sites (tertiary alicyclic amines) is 1. The molecule has 2 saturated heterocycles. The third-order valence-corrected chi connectivity index (χ3v) is 7.16. The molecular weight excluding hydrogens is 384 g/mol. The first-order chi connectivity index (χ1) is 13.6. The van der Waals surface area contributed by atoms with E-state index in [2.05, 4.69) is 46.9 Å². The molecule has 3 aliphatic rings. The summed E-state index contributed by atoms with van der Waals surface area (Å²) in [5.74, 6) is 0.141. The topological polar surface area (TPSA) is 50.2 Å². The highest BCUT2D eigenvalue weighted by Gasteiger charge is 2.39. The van der Waals surface area contributed by atoms with Gasteiger partial charge in [0.15, 0.2) is 5.69 Å². The number of piperidine rings is 1. The first kappa shape index (κ1) is 20.4. The van der Waals surface area contributed by atoms with Crippen LogP contribution >= 0.6 is 12.4 Å². The van der Waals surface area contributed by atoms with E-state index in [4.69, 9.17) is 5.10 Å². The van der Waals surface area contributed by atoms with E-state index in [-0.39, 0.29) is 18.3 Å². The number of benzene rings is 1. The van der Waals surface area contributed by atoms with Gasteiger partial charge in [-0.1, -0.05) is 17.7 Å². The monoisotopic (exact) mass is 414 g/mol. The fraction of sp³-hybridized carbons (Fsp3) is 0.565. The molecule has 1 N–H and O–H groups in total. The van der Waals surface area contributed by atoms with Crippen molar-refractivity contribution in [3.8, 4) is 5.69 Å². The van der Waals surface area contributed by atoms with E-state index < -0.39 is 0 Å². The summed E-state index contributed by atoms with van der Waals surface area (Å²) in [4.78, 5) is 15.4. The zero-order chi connectivity index (χ0) is 19.3.